The Balaban J connectivity index is 1.23. The lowest BCUT2D eigenvalue weighted by Crippen LogP contribution is -2.48. The van der Waals surface area contributed by atoms with E-state index in [0.29, 0.717) is 47.1 Å². The molecule has 3 aromatic heterocycles. The first-order chi connectivity index (χ1) is 35.5. The van der Waals surface area contributed by atoms with Gasteiger partial charge in [-0.3, -0.25) is 28.7 Å². The summed E-state index contributed by atoms with van der Waals surface area (Å²) in [5.74, 6) is -4.54. The zero-order valence-corrected chi connectivity index (χ0v) is 44.2. The van der Waals surface area contributed by atoms with E-state index >= 15 is 9.18 Å². The number of sulfonamides is 1. The topological polar surface area (TPSA) is 259 Å². The number of carbonyl (C=O) groups excluding carboxylic acids is 6. The minimum Gasteiger partial charge on any atom is -0.358 e. The van der Waals surface area contributed by atoms with Crippen molar-refractivity contribution in [2.45, 2.75) is 85.1 Å². The van der Waals surface area contributed by atoms with Crippen molar-refractivity contribution in [1.82, 2.24) is 40.3 Å². The molecule has 4 heterocycles. The highest BCUT2D eigenvalue weighted by atomic mass is 32.2. The molecule has 1 aliphatic heterocycles. The molecule has 394 valence electrons. The van der Waals surface area contributed by atoms with Crippen LogP contribution in [0, 0.1) is 33.5 Å². The largest absolute Gasteiger partial charge is 0.358 e. The highest BCUT2D eigenvalue weighted by Crippen LogP contribution is 2.40. The second kappa shape index (κ2) is 22.7. The maximum atomic E-state index is 15.3. The van der Waals surface area contributed by atoms with Crippen LogP contribution in [0.3, 0.4) is 0 Å². The molecular weight excluding hydrogens is 984 g/mol. The standard InChI is InChI=1S/C53H61FN12O8S/c1-10-64(11-2)25-24-56-50(70)49-32(5)42(58-33(49)6)29-40-39-26-35(54)14-19-44(39)66(51(40)71)48(69)21-18-41(59-47(68)20-13-31(4)67)52(72)65(37-15-12-30(3)45(28-37)75(55,73)74)53-57-23-22-46(60-53)62(8)36-16-17-38-34(7)63(9)61-43(38)27-36/h12,14-17,19,22-23,26-29,41,58H,10-11,13,18,20-21,24-25H2,1-9H3,(H,56,70)(H,59,68)(H2,55,73,74)/b40-29-/t41-/m1/s1. The molecule has 3 aromatic carbocycles. The first-order valence-electron chi connectivity index (χ1n) is 24.4. The number of anilines is 5. The van der Waals surface area contributed by atoms with E-state index in [1.54, 1.807) is 36.5 Å². The van der Waals surface area contributed by atoms with Gasteiger partial charge in [-0.15, -0.1) is 0 Å². The van der Waals surface area contributed by atoms with Crippen molar-refractivity contribution in [1.29, 1.82) is 0 Å². The van der Waals surface area contributed by atoms with Crippen LogP contribution in [-0.2, 0) is 41.0 Å². The summed E-state index contributed by atoms with van der Waals surface area (Å²) < 4.78 is 42.5. The number of amides is 5. The van der Waals surface area contributed by atoms with Crippen LogP contribution in [0.1, 0.15) is 90.6 Å². The number of aromatic nitrogens is 5. The number of ketones is 1. The van der Waals surface area contributed by atoms with Gasteiger partial charge in [0.25, 0.3) is 17.7 Å². The fraction of sp³-hybridized carbons (Fsp3) is 0.340. The molecule has 5 amide bonds. The average Bonchev–Trinajstić information content (AvgIpc) is 3.93. The number of likely N-dealkylation sites (N-methyl/N-ethyl adjacent to an activating group) is 1. The number of benzene rings is 3. The van der Waals surface area contributed by atoms with Gasteiger partial charge in [-0.2, -0.15) is 10.1 Å². The number of primary sulfonamides is 1. The molecule has 0 spiro atoms. The molecule has 0 saturated carbocycles. The molecule has 1 aliphatic rings. The number of nitrogens with zero attached hydrogens (tertiary/aromatic N) is 8. The second-order valence-electron chi connectivity index (χ2n) is 18.4. The van der Waals surface area contributed by atoms with E-state index in [9.17, 15) is 32.4 Å². The van der Waals surface area contributed by atoms with E-state index in [0.717, 1.165) is 51.6 Å². The Labute approximate surface area is 434 Å². The molecule has 0 fully saturated rings. The van der Waals surface area contributed by atoms with Crippen LogP contribution >= 0.6 is 0 Å². The van der Waals surface area contributed by atoms with Gasteiger partial charge in [-0.05, 0) is 126 Å². The molecule has 0 unspecified atom stereocenters. The molecule has 1 atom stereocenters. The lowest BCUT2D eigenvalue weighted by atomic mass is 10.0. The van der Waals surface area contributed by atoms with Crippen molar-refractivity contribution >= 4 is 96.7 Å². The van der Waals surface area contributed by atoms with Gasteiger partial charge in [-0.1, -0.05) is 19.9 Å². The number of imide groups is 1. The number of hydrogen-bond donors (Lipinski definition) is 4. The summed E-state index contributed by atoms with van der Waals surface area (Å²) in [4.78, 5) is 101. The predicted octanol–water partition coefficient (Wildman–Crippen LogP) is 5.96. The number of Topliss-reactive ketones (excluding diaryl/α,β-unsaturated/α-hetero) is 1. The van der Waals surface area contributed by atoms with Crippen LogP contribution in [0.25, 0.3) is 22.6 Å². The Morgan fingerprint density at radius 1 is 0.933 bits per heavy atom. The number of aromatic amines is 1. The van der Waals surface area contributed by atoms with Crippen LogP contribution < -0.4 is 30.5 Å². The number of nitrogens with two attached hydrogens (primary N) is 1. The minimum atomic E-state index is -4.36. The van der Waals surface area contributed by atoms with Crippen molar-refractivity contribution in [3.05, 3.63) is 112 Å². The summed E-state index contributed by atoms with van der Waals surface area (Å²) in [5, 5.41) is 16.8. The summed E-state index contributed by atoms with van der Waals surface area (Å²) in [6, 6.07) is 13.2. The highest BCUT2D eigenvalue weighted by Gasteiger charge is 2.39. The van der Waals surface area contributed by atoms with Crippen LogP contribution in [0.4, 0.5) is 33.2 Å². The lowest BCUT2D eigenvalue weighted by molar-refractivity contribution is -0.129. The number of fused-ring (bicyclic) bond motifs is 2. The normalized spacial score (nSPS) is 13.4. The van der Waals surface area contributed by atoms with Crippen LogP contribution in [-0.4, -0.2) is 113 Å². The van der Waals surface area contributed by atoms with E-state index in [-0.39, 0.29) is 63.5 Å². The van der Waals surface area contributed by atoms with E-state index < -0.39 is 58.4 Å². The van der Waals surface area contributed by atoms with Crippen molar-refractivity contribution in [2.24, 2.45) is 12.2 Å². The third-order valence-corrected chi connectivity index (χ3v) is 14.4. The number of halogens is 1. The van der Waals surface area contributed by atoms with Crippen molar-refractivity contribution < 1.29 is 41.6 Å². The van der Waals surface area contributed by atoms with E-state index in [2.05, 4.69) is 30.6 Å². The molecule has 0 bridgehead atoms. The summed E-state index contributed by atoms with van der Waals surface area (Å²) in [6.07, 6.45) is 1.36. The number of nitrogens with one attached hydrogen (secondary N) is 3. The summed E-state index contributed by atoms with van der Waals surface area (Å²) in [6.45, 7) is 15.0. The highest BCUT2D eigenvalue weighted by molar-refractivity contribution is 7.89. The summed E-state index contributed by atoms with van der Waals surface area (Å²) in [5.41, 5.74) is 4.49. The van der Waals surface area contributed by atoms with E-state index in [4.69, 9.17) is 10.1 Å². The zero-order chi connectivity index (χ0) is 54.6. The fourth-order valence-corrected chi connectivity index (χ4v) is 9.83. The lowest BCUT2D eigenvalue weighted by Gasteiger charge is -2.28. The maximum absolute atomic E-state index is 15.3. The van der Waals surface area contributed by atoms with Gasteiger partial charge in [-0.25, -0.2) is 32.7 Å². The molecule has 0 aliphatic carbocycles. The minimum absolute atomic E-state index is 0.0471. The Bertz CT molecular complexity index is 3400. The molecule has 7 rings (SSSR count). The van der Waals surface area contributed by atoms with Crippen LogP contribution in [0.15, 0.2) is 71.8 Å². The predicted molar refractivity (Wildman–Crippen MR) is 283 cm³/mol. The van der Waals surface area contributed by atoms with Gasteiger partial charge < -0.3 is 30.2 Å². The monoisotopic (exact) mass is 1040 g/mol. The molecule has 75 heavy (non-hydrogen) atoms. The van der Waals surface area contributed by atoms with E-state index in [1.807, 2.05) is 46.0 Å². The molecular formula is C53H61FN12O8S. The number of rotatable bonds is 20. The summed E-state index contributed by atoms with van der Waals surface area (Å²) in [7, 11) is -0.783. The molecule has 0 radical (unpaired) electrons. The molecule has 20 nitrogen and oxygen atoms in total. The number of aryl methyl sites for hydroxylation is 4. The third kappa shape index (κ3) is 11.9. The number of H-pyrrole nitrogens is 1. The molecule has 0 saturated heterocycles. The van der Waals surface area contributed by atoms with Crippen LogP contribution in [0.5, 0.6) is 0 Å². The van der Waals surface area contributed by atoms with Crippen molar-refractivity contribution in [3.63, 3.8) is 0 Å². The fourth-order valence-electron chi connectivity index (χ4n) is 9.03. The smallest absolute Gasteiger partial charge is 0.265 e. The van der Waals surface area contributed by atoms with E-state index in [1.165, 1.54) is 50.4 Å². The molecule has 5 N–H and O–H groups in total. The molecule has 6 aromatic rings. The Hall–Kier alpha value is -7.95. The second-order valence-corrected chi connectivity index (χ2v) is 19.9. The SMILES string of the molecule is CCN(CC)CCNC(=O)c1c(C)[nH]c(/C=C2\C(=O)N(C(=O)CC[C@@H](NC(=O)CCC(C)=O)C(=O)N(c3ccc(C)c(S(N)(=O)=O)c3)c3nccc(N(C)c4ccc5c(C)n(C)nc5c4)n3)c3ccc(F)cc32)c1C. The maximum Gasteiger partial charge on any atom is 0.265 e. The first-order valence-corrected chi connectivity index (χ1v) is 25.9. The van der Waals surface area contributed by atoms with Gasteiger partial charge in [0, 0.05) is 86.4 Å². The van der Waals surface area contributed by atoms with Gasteiger partial charge in [0.2, 0.25) is 27.8 Å². The average molecular weight is 1050 g/mol. The van der Waals surface area contributed by atoms with Gasteiger partial charge in [0.05, 0.1) is 32.9 Å². The Morgan fingerprint density at radius 2 is 1.65 bits per heavy atom. The van der Waals surface area contributed by atoms with Crippen molar-refractivity contribution in [3.8, 4) is 0 Å². The first kappa shape index (κ1) is 54.8. The van der Waals surface area contributed by atoms with Gasteiger partial charge in [0.15, 0.2) is 0 Å². The van der Waals surface area contributed by atoms with Gasteiger partial charge in [0.1, 0.15) is 23.5 Å². The van der Waals surface area contributed by atoms with Gasteiger partial charge >= 0.3 is 0 Å². The summed E-state index contributed by atoms with van der Waals surface area (Å²) >= 11 is 0. The molecule has 22 heteroatoms. The number of hydrogen-bond acceptors (Lipinski definition) is 13. The zero-order valence-electron chi connectivity index (χ0n) is 43.4. The quantitative estimate of drug-likeness (QED) is 0.0644. The number of carbonyl (C=O) groups is 6. The third-order valence-electron chi connectivity index (χ3n) is 13.4. The van der Waals surface area contributed by atoms with Crippen molar-refractivity contribution in [2.75, 3.05) is 47.9 Å². The van der Waals surface area contributed by atoms with Crippen LogP contribution in [0.2, 0.25) is 0 Å². The Kier molecular flexibility index (Phi) is 16.6. The Morgan fingerprint density at radius 3 is 2.35 bits per heavy atom.